The summed E-state index contributed by atoms with van der Waals surface area (Å²) >= 11 is 0. The molecule has 4 nitrogen and oxygen atoms in total. The summed E-state index contributed by atoms with van der Waals surface area (Å²) in [5, 5.41) is 13.3. The van der Waals surface area contributed by atoms with Crippen LogP contribution < -0.4 is 11.1 Å². The van der Waals surface area contributed by atoms with Crippen LogP contribution in [0.3, 0.4) is 0 Å². The van der Waals surface area contributed by atoms with Crippen LogP contribution in [0.15, 0.2) is 48.5 Å². The molecule has 4 N–H and O–H groups in total. The highest BCUT2D eigenvalue weighted by Gasteiger charge is 2.30. The average molecular weight is 380 g/mol. The van der Waals surface area contributed by atoms with Crippen molar-refractivity contribution < 1.29 is 23.1 Å². The molecule has 0 unspecified atom stereocenters. The van der Waals surface area contributed by atoms with Crippen LogP contribution in [0.1, 0.15) is 46.5 Å². The first-order chi connectivity index (χ1) is 12.7. The van der Waals surface area contributed by atoms with Gasteiger partial charge in [0.25, 0.3) is 0 Å². The zero-order valence-electron chi connectivity index (χ0n) is 15.0. The third-order valence-corrected chi connectivity index (χ3v) is 4.36. The second-order valence-corrected chi connectivity index (χ2v) is 6.55. The number of nitrogens with one attached hydrogen (secondary N) is 1. The van der Waals surface area contributed by atoms with Crippen LogP contribution >= 0.6 is 0 Å². The first kappa shape index (κ1) is 20.9. The van der Waals surface area contributed by atoms with Crippen LogP contribution in [-0.4, -0.2) is 23.6 Å². The van der Waals surface area contributed by atoms with E-state index in [-0.39, 0.29) is 18.2 Å². The van der Waals surface area contributed by atoms with Gasteiger partial charge in [-0.1, -0.05) is 24.3 Å². The summed E-state index contributed by atoms with van der Waals surface area (Å²) in [4.78, 5) is 11.0. The predicted molar refractivity (Wildman–Crippen MR) is 97.1 cm³/mol. The zero-order chi connectivity index (χ0) is 20.0. The van der Waals surface area contributed by atoms with Crippen molar-refractivity contribution in [3.05, 3.63) is 70.8 Å². The molecule has 0 spiro atoms. The fraction of sp³-hybridized carbons (Fsp3) is 0.350. The lowest BCUT2D eigenvalue weighted by atomic mass is 10.0. The largest absolute Gasteiger partial charge is 0.416 e. The summed E-state index contributed by atoms with van der Waals surface area (Å²) in [6.07, 6.45) is -3.93. The van der Waals surface area contributed by atoms with E-state index in [0.29, 0.717) is 5.56 Å². The van der Waals surface area contributed by atoms with E-state index < -0.39 is 23.8 Å². The van der Waals surface area contributed by atoms with Crippen LogP contribution in [0.2, 0.25) is 0 Å². The van der Waals surface area contributed by atoms with Gasteiger partial charge in [-0.15, -0.1) is 0 Å². The maximum atomic E-state index is 12.8. The number of carbonyl (C=O) groups is 1. The van der Waals surface area contributed by atoms with E-state index >= 15 is 0 Å². The van der Waals surface area contributed by atoms with Crippen molar-refractivity contribution in [2.75, 3.05) is 6.54 Å². The van der Waals surface area contributed by atoms with Crippen molar-refractivity contribution in [2.24, 2.45) is 5.73 Å². The number of hydrogen-bond donors (Lipinski definition) is 3. The first-order valence-electron chi connectivity index (χ1n) is 8.64. The van der Waals surface area contributed by atoms with E-state index in [4.69, 9.17) is 5.73 Å². The Labute approximate surface area is 156 Å². The van der Waals surface area contributed by atoms with Crippen LogP contribution in [0.4, 0.5) is 13.2 Å². The number of aryl methyl sites for hydroxylation is 1. The van der Waals surface area contributed by atoms with Gasteiger partial charge >= 0.3 is 6.18 Å². The number of nitrogens with two attached hydrogens (primary N) is 1. The summed E-state index contributed by atoms with van der Waals surface area (Å²) in [5.74, 6) is -0.472. The van der Waals surface area contributed by atoms with Gasteiger partial charge in [0.05, 0.1) is 11.7 Å². The normalized spacial score (nSPS) is 14.0. The molecular weight excluding hydrogens is 357 g/mol. The molecule has 1 amide bonds. The van der Waals surface area contributed by atoms with Crippen LogP contribution in [0.25, 0.3) is 0 Å². The number of aliphatic hydroxyl groups excluding tert-OH is 1. The Morgan fingerprint density at radius 1 is 1.19 bits per heavy atom. The molecule has 2 rings (SSSR count). The van der Waals surface area contributed by atoms with Crippen molar-refractivity contribution >= 4 is 5.91 Å². The Morgan fingerprint density at radius 3 is 2.44 bits per heavy atom. The fourth-order valence-corrected chi connectivity index (χ4v) is 2.67. The minimum Gasteiger partial charge on any atom is -0.387 e. The molecule has 0 aliphatic carbocycles. The Balaban J connectivity index is 1.82. The number of aliphatic hydroxyl groups is 1. The third-order valence-electron chi connectivity index (χ3n) is 4.36. The number of carbonyl (C=O) groups excluding carboxylic acids is 1. The Bertz CT molecular complexity index is 761. The molecule has 0 radical (unpaired) electrons. The molecule has 2 atom stereocenters. The van der Waals surface area contributed by atoms with Crippen molar-refractivity contribution in [2.45, 2.75) is 38.1 Å². The van der Waals surface area contributed by atoms with E-state index in [1.165, 1.54) is 12.1 Å². The van der Waals surface area contributed by atoms with Crippen LogP contribution in [0.5, 0.6) is 0 Å². The van der Waals surface area contributed by atoms with E-state index in [2.05, 4.69) is 5.32 Å². The highest BCUT2D eigenvalue weighted by atomic mass is 19.4. The van der Waals surface area contributed by atoms with E-state index in [9.17, 15) is 23.1 Å². The number of primary amides is 1. The SMILES string of the molecule is C[C@H](CCc1ccc(C(N)=O)cc1)NC[C@@H](O)c1cccc(C(F)(F)F)c1. The predicted octanol–water partition coefficient (Wildman–Crippen LogP) is 3.45. The fourth-order valence-electron chi connectivity index (χ4n) is 2.67. The van der Waals surface area contributed by atoms with Crippen LogP contribution in [0, 0.1) is 0 Å². The van der Waals surface area contributed by atoms with Crippen molar-refractivity contribution in [1.29, 1.82) is 0 Å². The molecule has 0 saturated heterocycles. The van der Waals surface area contributed by atoms with E-state index in [1.807, 2.05) is 19.1 Å². The Morgan fingerprint density at radius 2 is 1.85 bits per heavy atom. The molecule has 146 valence electrons. The summed E-state index contributed by atoms with van der Waals surface area (Å²) in [5.41, 5.74) is 6.16. The summed E-state index contributed by atoms with van der Waals surface area (Å²) in [6, 6.07) is 11.8. The standard InChI is InChI=1S/C20H23F3N2O2/c1-13(5-6-14-7-9-15(10-8-14)19(24)27)25-12-18(26)16-3-2-4-17(11-16)20(21,22)23/h2-4,7-11,13,18,25-26H,5-6,12H2,1H3,(H2,24,27)/t13-,18-/m1/s1. The lowest BCUT2D eigenvalue weighted by molar-refractivity contribution is -0.137. The van der Waals surface area contributed by atoms with Gasteiger partial charge in [0, 0.05) is 18.2 Å². The summed E-state index contributed by atoms with van der Waals surface area (Å²) < 4.78 is 38.3. The molecule has 0 fully saturated rings. The molecule has 0 saturated carbocycles. The zero-order valence-corrected chi connectivity index (χ0v) is 15.0. The van der Waals surface area contributed by atoms with Gasteiger partial charge in [0.2, 0.25) is 5.91 Å². The van der Waals surface area contributed by atoms with E-state index in [0.717, 1.165) is 30.5 Å². The molecule has 0 aromatic heterocycles. The van der Waals surface area contributed by atoms with Gasteiger partial charge in [-0.2, -0.15) is 13.2 Å². The van der Waals surface area contributed by atoms with Crippen molar-refractivity contribution in [1.82, 2.24) is 5.32 Å². The molecule has 2 aromatic carbocycles. The lowest BCUT2D eigenvalue weighted by Gasteiger charge is -2.18. The molecule has 2 aromatic rings. The average Bonchev–Trinajstić information content (AvgIpc) is 2.64. The molecule has 27 heavy (non-hydrogen) atoms. The quantitative estimate of drug-likeness (QED) is 0.657. The number of benzene rings is 2. The highest BCUT2D eigenvalue weighted by molar-refractivity contribution is 5.92. The maximum Gasteiger partial charge on any atom is 0.416 e. The minimum absolute atomic E-state index is 0.0567. The van der Waals surface area contributed by atoms with Gasteiger partial charge in [-0.25, -0.2) is 0 Å². The van der Waals surface area contributed by atoms with Crippen LogP contribution in [-0.2, 0) is 12.6 Å². The second kappa shape index (κ2) is 9.01. The lowest BCUT2D eigenvalue weighted by Crippen LogP contribution is -2.30. The third kappa shape index (κ3) is 6.37. The number of hydrogen-bond acceptors (Lipinski definition) is 3. The van der Waals surface area contributed by atoms with Gasteiger partial charge in [-0.3, -0.25) is 4.79 Å². The Hall–Kier alpha value is -2.38. The maximum absolute atomic E-state index is 12.8. The van der Waals surface area contributed by atoms with Gasteiger partial charge in [-0.05, 0) is 55.2 Å². The highest BCUT2D eigenvalue weighted by Crippen LogP contribution is 2.30. The topological polar surface area (TPSA) is 75.4 Å². The van der Waals surface area contributed by atoms with Crippen molar-refractivity contribution in [3.63, 3.8) is 0 Å². The first-order valence-corrected chi connectivity index (χ1v) is 8.64. The summed E-state index contributed by atoms with van der Waals surface area (Å²) in [6.45, 7) is 2.10. The Kier molecular flexibility index (Phi) is 6.98. The number of rotatable bonds is 8. The molecule has 0 aliphatic heterocycles. The minimum atomic E-state index is -4.43. The monoisotopic (exact) mass is 380 g/mol. The van der Waals surface area contributed by atoms with Gasteiger partial charge < -0.3 is 16.2 Å². The smallest absolute Gasteiger partial charge is 0.387 e. The number of amides is 1. The number of alkyl halides is 3. The summed E-state index contributed by atoms with van der Waals surface area (Å²) in [7, 11) is 0. The molecule has 0 bridgehead atoms. The molecular formula is C20H23F3N2O2. The molecule has 7 heteroatoms. The molecule has 0 heterocycles. The van der Waals surface area contributed by atoms with Gasteiger partial charge in [0.15, 0.2) is 0 Å². The number of halogens is 3. The van der Waals surface area contributed by atoms with Crippen molar-refractivity contribution in [3.8, 4) is 0 Å². The van der Waals surface area contributed by atoms with E-state index in [1.54, 1.807) is 12.1 Å². The van der Waals surface area contributed by atoms with Gasteiger partial charge in [0.1, 0.15) is 0 Å². The second-order valence-electron chi connectivity index (χ2n) is 6.55. The molecule has 0 aliphatic rings.